The van der Waals surface area contributed by atoms with Crippen LogP contribution in [0.15, 0.2) is 0 Å². The molecule has 2 atom stereocenters. The maximum absolute atomic E-state index is 11.8. The highest BCUT2D eigenvalue weighted by atomic mass is 32.2. The molecule has 1 aliphatic carbocycles. The fourth-order valence-corrected chi connectivity index (χ4v) is 4.38. The van der Waals surface area contributed by atoms with Gasteiger partial charge in [0.25, 0.3) is 0 Å². The zero-order valence-corrected chi connectivity index (χ0v) is 15.4. The van der Waals surface area contributed by atoms with Gasteiger partial charge >= 0.3 is 0 Å². The van der Waals surface area contributed by atoms with Gasteiger partial charge in [0, 0.05) is 5.75 Å². The first-order chi connectivity index (χ1) is 9.65. The Hall–Kier alpha value is -0.0900. The largest absolute Gasteiger partial charge is 0.316 e. The van der Waals surface area contributed by atoms with Gasteiger partial charge in [-0.05, 0) is 61.9 Å². The minimum atomic E-state index is -2.83. The number of nitrogens with one attached hydrogen (secondary N) is 1. The Balaban J connectivity index is 2.57. The number of hydrogen-bond acceptors (Lipinski definition) is 3. The molecule has 1 N–H and O–H groups in total. The molecule has 0 aromatic rings. The third kappa shape index (κ3) is 7.14. The van der Waals surface area contributed by atoms with E-state index < -0.39 is 9.84 Å². The Bertz CT molecular complexity index is 401. The van der Waals surface area contributed by atoms with Crippen LogP contribution in [0.25, 0.3) is 0 Å². The van der Waals surface area contributed by atoms with Crippen molar-refractivity contribution in [3.8, 4) is 0 Å². The first-order valence-corrected chi connectivity index (χ1v) is 10.4. The van der Waals surface area contributed by atoms with Gasteiger partial charge in [-0.3, -0.25) is 0 Å². The molecule has 0 aromatic heterocycles. The van der Waals surface area contributed by atoms with E-state index in [0.717, 1.165) is 19.5 Å². The van der Waals surface area contributed by atoms with Crippen LogP contribution in [0, 0.1) is 23.2 Å². The van der Waals surface area contributed by atoms with Gasteiger partial charge < -0.3 is 5.32 Å². The van der Waals surface area contributed by atoms with Crippen LogP contribution in [0.5, 0.6) is 0 Å². The SMILES string of the molecule is CCS(=O)(=O)CCC1CC(C)(C)CCC1CNCC(C)C. The summed E-state index contributed by atoms with van der Waals surface area (Å²) in [6.07, 6.45) is 4.50. The quantitative estimate of drug-likeness (QED) is 0.745. The van der Waals surface area contributed by atoms with Crippen LogP contribution in [-0.2, 0) is 9.84 Å². The summed E-state index contributed by atoms with van der Waals surface area (Å²) in [5, 5.41) is 3.57. The van der Waals surface area contributed by atoms with Gasteiger partial charge in [0.1, 0.15) is 9.84 Å². The molecule has 21 heavy (non-hydrogen) atoms. The Kier molecular flexibility index (Phi) is 7.18. The molecular weight excluding hydrogens is 282 g/mol. The molecule has 0 bridgehead atoms. The van der Waals surface area contributed by atoms with Crippen molar-refractivity contribution in [2.75, 3.05) is 24.6 Å². The van der Waals surface area contributed by atoms with Gasteiger partial charge in [-0.1, -0.05) is 34.6 Å². The predicted octanol–water partition coefficient (Wildman–Crippen LogP) is 3.50. The van der Waals surface area contributed by atoms with Crippen LogP contribution in [0.2, 0.25) is 0 Å². The van der Waals surface area contributed by atoms with Gasteiger partial charge in [0.15, 0.2) is 0 Å². The molecule has 0 saturated heterocycles. The van der Waals surface area contributed by atoms with Gasteiger partial charge in [0.2, 0.25) is 0 Å². The molecule has 0 aliphatic heterocycles. The molecule has 1 aliphatic rings. The summed E-state index contributed by atoms with van der Waals surface area (Å²) < 4.78 is 23.6. The smallest absolute Gasteiger partial charge is 0.150 e. The fourth-order valence-electron chi connectivity index (χ4n) is 3.43. The minimum Gasteiger partial charge on any atom is -0.316 e. The molecule has 126 valence electrons. The van der Waals surface area contributed by atoms with E-state index in [9.17, 15) is 8.42 Å². The Morgan fingerprint density at radius 2 is 1.90 bits per heavy atom. The zero-order valence-electron chi connectivity index (χ0n) is 14.6. The Labute approximate surface area is 132 Å². The average molecular weight is 318 g/mol. The topological polar surface area (TPSA) is 46.2 Å². The summed E-state index contributed by atoms with van der Waals surface area (Å²) in [5.74, 6) is 2.51. The van der Waals surface area contributed by atoms with E-state index in [1.807, 2.05) is 0 Å². The lowest BCUT2D eigenvalue weighted by Crippen LogP contribution is -2.37. The van der Waals surface area contributed by atoms with Gasteiger partial charge in [-0.2, -0.15) is 0 Å². The fraction of sp³-hybridized carbons (Fsp3) is 1.00. The second kappa shape index (κ2) is 7.96. The predicted molar refractivity (Wildman–Crippen MR) is 91.3 cm³/mol. The van der Waals surface area contributed by atoms with Crippen LogP contribution in [0.4, 0.5) is 0 Å². The first kappa shape index (κ1) is 19.0. The normalized spacial score (nSPS) is 26.2. The lowest BCUT2D eigenvalue weighted by atomic mass is 9.66. The molecule has 1 saturated carbocycles. The molecule has 4 heteroatoms. The van der Waals surface area contributed by atoms with Crippen molar-refractivity contribution >= 4 is 9.84 Å². The molecule has 0 radical (unpaired) electrons. The zero-order chi connectivity index (χ0) is 16.1. The molecule has 0 heterocycles. The van der Waals surface area contributed by atoms with Crippen molar-refractivity contribution in [2.45, 2.75) is 60.3 Å². The van der Waals surface area contributed by atoms with E-state index in [4.69, 9.17) is 0 Å². The second-order valence-electron chi connectivity index (χ2n) is 8.00. The molecule has 0 aromatic carbocycles. The third-order valence-corrected chi connectivity index (χ3v) is 6.61. The highest BCUT2D eigenvalue weighted by Crippen LogP contribution is 2.43. The number of sulfone groups is 1. The second-order valence-corrected chi connectivity index (χ2v) is 10.5. The lowest BCUT2D eigenvalue weighted by molar-refractivity contribution is 0.113. The van der Waals surface area contributed by atoms with Crippen molar-refractivity contribution in [1.29, 1.82) is 0 Å². The molecular formula is C17H35NO2S. The van der Waals surface area contributed by atoms with Crippen LogP contribution in [-0.4, -0.2) is 33.0 Å². The summed E-state index contributed by atoms with van der Waals surface area (Å²) in [4.78, 5) is 0. The highest BCUT2D eigenvalue weighted by molar-refractivity contribution is 7.91. The van der Waals surface area contributed by atoms with Crippen molar-refractivity contribution in [3.63, 3.8) is 0 Å². The van der Waals surface area contributed by atoms with Gasteiger partial charge in [0.05, 0.1) is 5.75 Å². The minimum absolute atomic E-state index is 0.277. The Morgan fingerprint density at radius 3 is 2.48 bits per heavy atom. The standard InChI is InChI=1S/C17H35NO2S/c1-6-21(19,20)10-8-15-11-17(4,5)9-7-16(15)13-18-12-14(2)3/h14-16,18H,6-13H2,1-5H3. The molecule has 2 unspecified atom stereocenters. The maximum atomic E-state index is 11.8. The molecule has 1 fully saturated rings. The summed E-state index contributed by atoms with van der Waals surface area (Å²) in [7, 11) is -2.83. The third-order valence-electron chi connectivity index (χ3n) is 4.87. The molecule has 3 nitrogen and oxygen atoms in total. The molecule has 0 spiro atoms. The van der Waals surface area contributed by atoms with Crippen LogP contribution in [0.1, 0.15) is 60.3 Å². The van der Waals surface area contributed by atoms with Crippen molar-refractivity contribution < 1.29 is 8.42 Å². The van der Waals surface area contributed by atoms with E-state index in [1.165, 1.54) is 19.3 Å². The van der Waals surface area contributed by atoms with Crippen LogP contribution < -0.4 is 5.32 Å². The summed E-state index contributed by atoms with van der Waals surface area (Å²) in [5.41, 5.74) is 0.370. The van der Waals surface area contributed by atoms with Gasteiger partial charge in [-0.15, -0.1) is 0 Å². The van der Waals surface area contributed by atoms with Crippen molar-refractivity contribution in [3.05, 3.63) is 0 Å². The first-order valence-electron chi connectivity index (χ1n) is 8.56. The van der Waals surface area contributed by atoms with E-state index in [2.05, 4.69) is 33.0 Å². The average Bonchev–Trinajstić information content (AvgIpc) is 2.38. The van der Waals surface area contributed by atoms with E-state index in [0.29, 0.717) is 28.9 Å². The molecule has 1 rings (SSSR count). The monoisotopic (exact) mass is 317 g/mol. The maximum Gasteiger partial charge on any atom is 0.150 e. The van der Waals surface area contributed by atoms with Crippen molar-refractivity contribution in [2.24, 2.45) is 23.2 Å². The van der Waals surface area contributed by atoms with Crippen LogP contribution in [0.3, 0.4) is 0 Å². The van der Waals surface area contributed by atoms with E-state index in [1.54, 1.807) is 6.92 Å². The van der Waals surface area contributed by atoms with E-state index in [-0.39, 0.29) is 5.75 Å². The summed E-state index contributed by atoms with van der Waals surface area (Å²) >= 11 is 0. The number of hydrogen-bond donors (Lipinski definition) is 1. The van der Waals surface area contributed by atoms with Crippen LogP contribution >= 0.6 is 0 Å². The van der Waals surface area contributed by atoms with Crippen molar-refractivity contribution in [1.82, 2.24) is 5.32 Å². The summed E-state index contributed by atoms with van der Waals surface area (Å²) in [6.45, 7) is 13.0. The molecule has 0 amide bonds. The van der Waals surface area contributed by atoms with E-state index >= 15 is 0 Å². The lowest BCUT2D eigenvalue weighted by Gasteiger charge is -2.41. The van der Waals surface area contributed by atoms with Gasteiger partial charge in [-0.25, -0.2) is 8.42 Å². The highest BCUT2D eigenvalue weighted by Gasteiger charge is 2.34. The Morgan fingerprint density at radius 1 is 1.24 bits per heavy atom. The number of rotatable bonds is 8. The summed E-state index contributed by atoms with van der Waals surface area (Å²) in [6, 6.07) is 0.